The van der Waals surface area contributed by atoms with E-state index in [0.29, 0.717) is 30.7 Å². The highest BCUT2D eigenvalue weighted by Crippen LogP contribution is 2.39. The maximum Gasteiger partial charge on any atom is 0.429 e. The lowest BCUT2D eigenvalue weighted by atomic mass is 9.91. The summed E-state index contributed by atoms with van der Waals surface area (Å²) in [6.45, 7) is 2.70. The van der Waals surface area contributed by atoms with Gasteiger partial charge in [0.1, 0.15) is 23.1 Å². The Bertz CT molecular complexity index is 1810. The van der Waals surface area contributed by atoms with E-state index < -0.39 is 69.9 Å². The van der Waals surface area contributed by atoms with Crippen molar-refractivity contribution < 1.29 is 62.9 Å². The van der Waals surface area contributed by atoms with Crippen molar-refractivity contribution >= 4 is 0 Å². The molecule has 0 aliphatic carbocycles. The predicted molar refractivity (Wildman–Crippen MR) is 161 cm³/mol. The molecule has 0 aromatic heterocycles. The fourth-order valence-electron chi connectivity index (χ4n) is 5.53. The molecule has 0 amide bonds. The number of rotatable bonds is 12. The van der Waals surface area contributed by atoms with Crippen molar-refractivity contribution in [1.82, 2.24) is 0 Å². The molecular formula is C36H28F10O4. The lowest BCUT2D eigenvalue weighted by Gasteiger charge is -2.29. The minimum absolute atomic E-state index is 0.203. The molecule has 14 heteroatoms. The van der Waals surface area contributed by atoms with Crippen LogP contribution >= 0.6 is 0 Å². The van der Waals surface area contributed by atoms with Gasteiger partial charge < -0.3 is 18.9 Å². The first kappa shape index (κ1) is 36.6. The zero-order chi connectivity index (χ0) is 36.2. The van der Waals surface area contributed by atoms with E-state index in [9.17, 15) is 30.7 Å². The van der Waals surface area contributed by atoms with Crippen molar-refractivity contribution in [1.29, 1.82) is 0 Å². The van der Waals surface area contributed by atoms with E-state index in [4.69, 9.17) is 9.47 Å². The van der Waals surface area contributed by atoms with Crippen molar-refractivity contribution in [3.05, 3.63) is 125 Å². The molecule has 0 radical (unpaired) electrons. The quantitative estimate of drug-likeness (QED) is 0.108. The van der Waals surface area contributed by atoms with Gasteiger partial charge in [-0.3, -0.25) is 0 Å². The van der Waals surface area contributed by atoms with Gasteiger partial charge in [-0.1, -0.05) is 31.5 Å². The van der Waals surface area contributed by atoms with Crippen LogP contribution in [0.4, 0.5) is 43.9 Å². The number of benzene rings is 4. The first-order valence-electron chi connectivity index (χ1n) is 15.3. The molecule has 2 unspecified atom stereocenters. The van der Waals surface area contributed by atoms with E-state index in [1.54, 1.807) is 0 Å². The Morgan fingerprint density at radius 1 is 0.760 bits per heavy atom. The summed E-state index contributed by atoms with van der Waals surface area (Å²) in [5.41, 5.74) is -1.79. The number of alkyl halides is 4. The summed E-state index contributed by atoms with van der Waals surface area (Å²) in [6.07, 6.45) is -7.45. The smallest absolute Gasteiger partial charge is 0.429 e. The zero-order valence-corrected chi connectivity index (χ0v) is 26.1. The maximum atomic E-state index is 15.0. The Morgan fingerprint density at radius 2 is 1.42 bits per heavy atom. The maximum absolute atomic E-state index is 15.0. The van der Waals surface area contributed by atoms with E-state index in [2.05, 4.69) is 16.4 Å². The minimum atomic E-state index is -4.53. The lowest BCUT2D eigenvalue weighted by molar-refractivity contribution is -0.187. The number of halogens is 10. The molecule has 1 fully saturated rings. The number of hydrogen-bond acceptors (Lipinski definition) is 4. The van der Waals surface area contributed by atoms with E-state index in [-0.39, 0.29) is 35.6 Å². The van der Waals surface area contributed by atoms with Crippen LogP contribution in [0.3, 0.4) is 0 Å². The molecule has 5 rings (SSSR count). The van der Waals surface area contributed by atoms with Gasteiger partial charge in [0, 0.05) is 23.8 Å². The van der Waals surface area contributed by atoms with Crippen LogP contribution in [0, 0.1) is 29.2 Å². The highest BCUT2D eigenvalue weighted by Gasteiger charge is 2.39. The molecule has 1 saturated heterocycles. The summed E-state index contributed by atoms with van der Waals surface area (Å²) < 4.78 is 161. The van der Waals surface area contributed by atoms with Crippen LogP contribution in [-0.2, 0) is 17.0 Å². The largest absolute Gasteiger partial charge is 0.453 e. The molecule has 0 spiro atoms. The van der Waals surface area contributed by atoms with Crippen molar-refractivity contribution in [2.45, 2.75) is 50.9 Å². The molecule has 2 atom stereocenters. The summed E-state index contributed by atoms with van der Waals surface area (Å²) in [7, 11) is 0. The molecule has 0 bridgehead atoms. The lowest BCUT2D eigenvalue weighted by Crippen LogP contribution is -2.23. The fourth-order valence-corrected chi connectivity index (χ4v) is 5.53. The number of hydrogen-bond donors (Lipinski definition) is 0. The third kappa shape index (κ3) is 8.52. The average Bonchev–Trinajstić information content (AvgIpc) is 3.04. The van der Waals surface area contributed by atoms with Crippen LogP contribution in [0.1, 0.15) is 55.4 Å². The Kier molecular flexibility index (Phi) is 11.0. The second kappa shape index (κ2) is 15.0. The Morgan fingerprint density at radius 3 is 2.00 bits per heavy atom. The van der Waals surface area contributed by atoms with Crippen molar-refractivity contribution in [3.63, 3.8) is 0 Å². The van der Waals surface area contributed by atoms with Gasteiger partial charge >= 0.3 is 18.3 Å². The van der Waals surface area contributed by atoms with Gasteiger partial charge in [0.25, 0.3) is 0 Å². The minimum Gasteiger partial charge on any atom is -0.453 e. The Balaban J connectivity index is 1.26. The van der Waals surface area contributed by atoms with Crippen LogP contribution in [0.25, 0.3) is 11.1 Å². The highest BCUT2D eigenvalue weighted by atomic mass is 19.3. The Labute approximate surface area is 279 Å². The van der Waals surface area contributed by atoms with Gasteiger partial charge in [0.2, 0.25) is 0 Å². The second-order valence-corrected chi connectivity index (χ2v) is 11.5. The van der Waals surface area contributed by atoms with Gasteiger partial charge in [-0.05, 0) is 72.7 Å². The third-order valence-corrected chi connectivity index (χ3v) is 7.95. The summed E-state index contributed by atoms with van der Waals surface area (Å²) >= 11 is 0. The summed E-state index contributed by atoms with van der Waals surface area (Å²) in [5, 5.41) is 0. The summed E-state index contributed by atoms with van der Waals surface area (Å²) in [6, 6.07) is 10.3. The molecule has 0 N–H and O–H groups in total. The Hall–Kier alpha value is -4.72. The molecule has 4 nitrogen and oxygen atoms in total. The topological polar surface area (TPSA) is 36.9 Å². The van der Waals surface area contributed by atoms with Crippen LogP contribution in [-0.4, -0.2) is 6.61 Å². The molecule has 50 heavy (non-hydrogen) atoms. The standard InChI is InChI=1S/C36H28F10O4/c1-2-3-20-4-13-32(47-18-20)21-5-8-23(9-6-21)35(43,44)49-24-10-11-26(28(37)15-24)22-7-12-27(29(38)14-22)36(45,46)50-25-16-30(39)34(31(40)17-25)48-19-33(41)42/h5-12,14-17,19-20,32H,2-4,13,18H2,1H3. The highest BCUT2D eigenvalue weighted by molar-refractivity contribution is 5.65. The number of ether oxygens (including phenoxy) is 4. The fraction of sp³-hybridized carbons (Fsp3) is 0.278. The van der Waals surface area contributed by atoms with Gasteiger partial charge in [-0.25, -0.2) is 17.6 Å². The molecule has 1 aliphatic heterocycles. The first-order valence-corrected chi connectivity index (χ1v) is 15.3. The van der Waals surface area contributed by atoms with Crippen LogP contribution < -0.4 is 14.2 Å². The summed E-state index contributed by atoms with van der Waals surface area (Å²) in [4.78, 5) is 0. The third-order valence-electron chi connectivity index (χ3n) is 7.95. The molecular weight excluding hydrogens is 686 g/mol. The van der Waals surface area contributed by atoms with E-state index >= 15 is 13.2 Å². The van der Waals surface area contributed by atoms with Crippen LogP contribution in [0.2, 0.25) is 0 Å². The van der Waals surface area contributed by atoms with Crippen molar-refractivity contribution in [2.24, 2.45) is 5.92 Å². The second-order valence-electron chi connectivity index (χ2n) is 11.5. The average molecular weight is 715 g/mol. The van der Waals surface area contributed by atoms with Crippen LogP contribution in [0.5, 0.6) is 17.2 Å². The van der Waals surface area contributed by atoms with Crippen molar-refractivity contribution in [3.8, 4) is 28.4 Å². The zero-order valence-electron chi connectivity index (χ0n) is 26.1. The van der Waals surface area contributed by atoms with Gasteiger partial charge in [0.05, 0.1) is 23.8 Å². The molecule has 1 heterocycles. The SMILES string of the molecule is CCCC1CCC(c2ccc(C(F)(F)Oc3ccc(-c4ccc(C(F)(F)Oc5cc(F)c(OC=C(F)F)c(F)c5)c(F)c4)c(F)c3)cc2)OC1. The van der Waals surface area contributed by atoms with Gasteiger partial charge in [-0.15, -0.1) is 0 Å². The molecule has 266 valence electrons. The van der Waals surface area contributed by atoms with Gasteiger partial charge in [0.15, 0.2) is 23.6 Å². The molecule has 1 aliphatic rings. The van der Waals surface area contributed by atoms with E-state index in [0.717, 1.165) is 49.4 Å². The van der Waals surface area contributed by atoms with Gasteiger partial charge in [-0.2, -0.15) is 26.3 Å². The molecule has 4 aromatic rings. The molecule has 0 saturated carbocycles. The van der Waals surface area contributed by atoms with Crippen molar-refractivity contribution in [2.75, 3.05) is 6.61 Å². The van der Waals surface area contributed by atoms with E-state index in [1.807, 2.05) is 0 Å². The molecule has 4 aromatic carbocycles. The van der Waals surface area contributed by atoms with Crippen LogP contribution in [0.15, 0.2) is 85.1 Å². The predicted octanol–water partition coefficient (Wildman–Crippen LogP) is 11.6. The summed E-state index contributed by atoms with van der Waals surface area (Å²) in [5.74, 6) is -8.67. The first-order chi connectivity index (χ1) is 23.7. The monoisotopic (exact) mass is 714 g/mol. The normalized spacial score (nSPS) is 16.5. The van der Waals surface area contributed by atoms with E-state index in [1.165, 1.54) is 24.3 Å².